The number of amides is 2. The van der Waals surface area contributed by atoms with Crippen molar-refractivity contribution in [3.8, 4) is 0 Å². The molecule has 1 unspecified atom stereocenters. The molecule has 30 heavy (non-hydrogen) atoms. The van der Waals surface area contributed by atoms with Crippen LogP contribution in [0.4, 0.5) is 0 Å². The molecule has 4 rings (SSSR count). The molecule has 1 saturated heterocycles. The van der Waals surface area contributed by atoms with Gasteiger partial charge in [-0.05, 0) is 31.4 Å². The van der Waals surface area contributed by atoms with Crippen LogP contribution in [0.15, 0.2) is 29.3 Å². The molecule has 0 radical (unpaired) electrons. The Bertz CT molecular complexity index is 1030. The molecular weight excluding hydrogens is 382 g/mol. The minimum Gasteiger partial charge on any atom is -0.332 e. The van der Waals surface area contributed by atoms with Crippen LogP contribution in [0.25, 0.3) is 0 Å². The van der Waals surface area contributed by atoms with Crippen LogP contribution in [-0.4, -0.2) is 49.7 Å². The van der Waals surface area contributed by atoms with Gasteiger partial charge in [0.25, 0.3) is 11.5 Å². The van der Waals surface area contributed by atoms with Gasteiger partial charge in [0.05, 0.1) is 18.3 Å². The molecule has 1 N–H and O–H groups in total. The molecule has 0 aromatic carbocycles. The minimum absolute atomic E-state index is 0.0554. The molecule has 2 aliphatic rings. The number of aromatic nitrogens is 3. The number of hydrogen-bond donors (Lipinski definition) is 1. The highest BCUT2D eigenvalue weighted by Gasteiger charge is 2.37. The first-order chi connectivity index (χ1) is 14.3. The lowest BCUT2D eigenvalue weighted by atomic mass is 9.94. The van der Waals surface area contributed by atoms with E-state index in [0.29, 0.717) is 42.2 Å². The molecule has 1 atom stereocenters. The fourth-order valence-corrected chi connectivity index (χ4v) is 4.19. The first kappa shape index (κ1) is 20.3. The number of rotatable bonds is 2. The molecule has 0 spiro atoms. The predicted molar refractivity (Wildman–Crippen MR) is 111 cm³/mol. The summed E-state index contributed by atoms with van der Waals surface area (Å²) >= 11 is 0. The summed E-state index contributed by atoms with van der Waals surface area (Å²) in [5.41, 5.74) is 1.16. The van der Waals surface area contributed by atoms with Crippen LogP contribution in [0, 0.1) is 5.41 Å². The molecule has 2 aliphatic heterocycles. The maximum Gasteiger partial charge on any atom is 0.254 e. The van der Waals surface area contributed by atoms with Gasteiger partial charge in [0.2, 0.25) is 5.91 Å². The van der Waals surface area contributed by atoms with E-state index in [9.17, 15) is 14.4 Å². The summed E-state index contributed by atoms with van der Waals surface area (Å²) in [6, 6.07) is 3.13. The summed E-state index contributed by atoms with van der Waals surface area (Å²) in [5.74, 6) is 0.476. The Morgan fingerprint density at radius 1 is 1.17 bits per heavy atom. The monoisotopic (exact) mass is 409 g/mol. The number of likely N-dealkylation sites (tertiary alicyclic amines) is 1. The molecule has 0 aliphatic carbocycles. The summed E-state index contributed by atoms with van der Waals surface area (Å²) in [7, 11) is 0. The van der Waals surface area contributed by atoms with Crippen molar-refractivity contribution in [3.63, 3.8) is 0 Å². The standard InChI is InChI=1S/C22H27N5O3/c1-22(2,3)21(30)27-11-4-5-17(27)18-24-16-13-26(12-8-15(16)19(28)25-18)20(29)14-6-9-23-10-7-14/h6-7,9-10,17H,4-5,8,11-13H2,1-3H3,(H,24,25,28). The number of hydrogen-bond acceptors (Lipinski definition) is 5. The quantitative estimate of drug-likeness (QED) is 0.819. The highest BCUT2D eigenvalue weighted by Crippen LogP contribution is 2.34. The van der Waals surface area contributed by atoms with E-state index in [2.05, 4.69) is 9.97 Å². The highest BCUT2D eigenvalue weighted by atomic mass is 16.2. The van der Waals surface area contributed by atoms with Gasteiger partial charge in [-0.3, -0.25) is 19.4 Å². The van der Waals surface area contributed by atoms with Crippen molar-refractivity contribution < 1.29 is 9.59 Å². The molecule has 8 nitrogen and oxygen atoms in total. The molecule has 2 aromatic heterocycles. The molecule has 4 heterocycles. The average molecular weight is 409 g/mol. The summed E-state index contributed by atoms with van der Waals surface area (Å²) in [6.07, 6.45) is 5.29. The Balaban J connectivity index is 1.62. The maximum absolute atomic E-state index is 12.9. The van der Waals surface area contributed by atoms with Gasteiger partial charge in [-0.25, -0.2) is 4.98 Å². The van der Waals surface area contributed by atoms with Crippen LogP contribution in [0.1, 0.15) is 67.1 Å². The van der Waals surface area contributed by atoms with Crippen molar-refractivity contribution in [2.75, 3.05) is 13.1 Å². The van der Waals surface area contributed by atoms with Crippen LogP contribution >= 0.6 is 0 Å². The fraction of sp³-hybridized carbons (Fsp3) is 0.500. The van der Waals surface area contributed by atoms with Crippen molar-refractivity contribution in [3.05, 3.63) is 57.5 Å². The van der Waals surface area contributed by atoms with Crippen molar-refractivity contribution in [2.24, 2.45) is 5.41 Å². The summed E-state index contributed by atoms with van der Waals surface area (Å²) in [5, 5.41) is 0. The molecule has 0 bridgehead atoms. The van der Waals surface area contributed by atoms with Gasteiger partial charge >= 0.3 is 0 Å². The van der Waals surface area contributed by atoms with Gasteiger partial charge < -0.3 is 14.8 Å². The third kappa shape index (κ3) is 3.74. The van der Waals surface area contributed by atoms with Gasteiger partial charge in [-0.15, -0.1) is 0 Å². The number of fused-ring (bicyclic) bond motifs is 1. The van der Waals surface area contributed by atoms with Crippen molar-refractivity contribution in [2.45, 2.75) is 52.6 Å². The van der Waals surface area contributed by atoms with E-state index in [4.69, 9.17) is 4.98 Å². The zero-order valence-corrected chi connectivity index (χ0v) is 17.6. The van der Waals surface area contributed by atoms with Gasteiger partial charge in [0.15, 0.2) is 0 Å². The summed E-state index contributed by atoms with van der Waals surface area (Å²) in [4.78, 5) is 53.6. The van der Waals surface area contributed by atoms with Gasteiger partial charge in [-0.1, -0.05) is 20.8 Å². The third-order valence-electron chi connectivity index (χ3n) is 5.78. The van der Waals surface area contributed by atoms with E-state index in [1.165, 1.54) is 0 Å². The Morgan fingerprint density at radius 3 is 2.60 bits per heavy atom. The van der Waals surface area contributed by atoms with Crippen LogP contribution < -0.4 is 5.56 Å². The Hall–Kier alpha value is -3.03. The van der Waals surface area contributed by atoms with Crippen LogP contribution in [-0.2, 0) is 17.8 Å². The lowest BCUT2D eigenvalue weighted by Gasteiger charge is -2.32. The topological polar surface area (TPSA) is 99.3 Å². The van der Waals surface area contributed by atoms with E-state index >= 15 is 0 Å². The molecule has 2 amide bonds. The SMILES string of the molecule is CC(C)(C)C(=O)N1CCCC1c1nc2c(c(=O)[nH]1)CCN(C(=O)c1ccncc1)C2. The number of aromatic amines is 1. The van der Waals surface area contributed by atoms with E-state index < -0.39 is 5.41 Å². The lowest BCUT2D eigenvalue weighted by molar-refractivity contribution is -0.140. The molecule has 8 heteroatoms. The second-order valence-electron chi connectivity index (χ2n) is 9.00. The number of carbonyl (C=O) groups is 2. The van der Waals surface area contributed by atoms with E-state index in [-0.39, 0.29) is 30.0 Å². The van der Waals surface area contributed by atoms with Crippen LogP contribution in [0.5, 0.6) is 0 Å². The van der Waals surface area contributed by atoms with E-state index in [1.807, 2.05) is 25.7 Å². The Kier molecular flexibility index (Phi) is 5.17. The first-order valence-corrected chi connectivity index (χ1v) is 10.4. The largest absolute Gasteiger partial charge is 0.332 e. The average Bonchev–Trinajstić information content (AvgIpc) is 3.22. The molecule has 158 valence electrons. The summed E-state index contributed by atoms with van der Waals surface area (Å²) < 4.78 is 0. The van der Waals surface area contributed by atoms with Crippen LogP contribution in [0.3, 0.4) is 0 Å². The van der Waals surface area contributed by atoms with Gasteiger partial charge in [0, 0.05) is 42.0 Å². The predicted octanol–water partition coefficient (Wildman–Crippen LogP) is 2.07. The number of nitrogens with one attached hydrogen (secondary N) is 1. The van der Waals surface area contributed by atoms with Crippen LogP contribution in [0.2, 0.25) is 0 Å². The van der Waals surface area contributed by atoms with Crippen molar-refractivity contribution in [1.82, 2.24) is 24.8 Å². The van der Waals surface area contributed by atoms with Gasteiger partial charge in [0.1, 0.15) is 5.82 Å². The minimum atomic E-state index is -0.495. The second kappa shape index (κ2) is 7.66. The highest BCUT2D eigenvalue weighted by molar-refractivity contribution is 5.94. The molecule has 1 fully saturated rings. The lowest BCUT2D eigenvalue weighted by Crippen LogP contribution is -2.42. The number of H-pyrrole nitrogens is 1. The zero-order valence-electron chi connectivity index (χ0n) is 17.6. The number of pyridine rings is 1. The Morgan fingerprint density at radius 2 is 1.90 bits per heavy atom. The second-order valence-corrected chi connectivity index (χ2v) is 9.00. The molecular formula is C22H27N5O3. The smallest absolute Gasteiger partial charge is 0.254 e. The number of nitrogens with zero attached hydrogens (tertiary/aromatic N) is 4. The van der Waals surface area contributed by atoms with Gasteiger partial charge in [-0.2, -0.15) is 0 Å². The molecule has 0 saturated carbocycles. The van der Waals surface area contributed by atoms with Crippen molar-refractivity contribution in [1.29, 1.82) is 0 Å². The third-order valence-corrected chi connectivity index (χ3v) is 5.78. The summed E-state index contributed by atoms with van der Waals surface area (Å²) in [6.45, 7) is 7.11. The maximum atomic E-state index is 12.9. The normalized spacial score (nSPS) is 19.0. The van der Waals surface area contributed by atoms with E-state index in [1.54, 1.807) is 29.4 Å². The molecule has 2 aromatic rings. The number of carbonyl (C=O) groups excluding carboxylic acids is 2. The Labute approximate surface area is 175 Å². The van der Waals surface area contributed by atoms with Crippen molar-refractivity contribution >= 4 is 11.8 Å². The fourth-order valence-electron chi connectivity index (χ4n) is 4.19. The van der Waals surface area contributed by atoms with E-state index in [0.717, 1.165) is 12.8 Å². The zero-order chi connectivity index (χ0) is 21.5. The first-order valence-electron chi connectivity index (χ1n) is 10.4.